The number of carbonyl (C=O) groups is 1. The highest BCUT2D eigenvalue weighted by Crippen LogP contribution is 2.25. The molecule has 0 aliphatic carbocycles. The molecule has 40 heavy (non-hydrogen) atoms. The first-order valence-corrected chi connectivity index (χ1v) is 17.8. The van der Waals surface area contributed by atoms with Crippen LogP contribution >= 0.6 is 0 Å². The molecule has 2 aromatic heterocycles. The predicted molar refractivity (Wildman–Crippen MR) is 154 cm³/mol. The zero-order valence-corrected chi connectivity index (χ0v) is 25.8. The van der Waals surface area contributed by atoms with Crippen molar-refractivity contribution in [1.29, 1.82) is 0 Å². The Bertz CT molecular complexity index is 1300. The standard InChI is InChI=1S/C27H43FN6O5Si/c1-8-20-22(31-11-13-32(14-12-31)26(36)39-27(2,3)4)24(35)34-25(33(20)18-37-15-16-40(5,6)7)29-23(30-34)21-10-9-19(28)17-38-21/h10,19H,8-9,11-18H2,1-7H3/t19-/m0/s1. The molecule has 0 aromatic carbocycles. The van der Waals surface area contributed by atoms with Gasteiger partial charge in [0.2, 0.25) is 11.6 Å². The summed E-state index contributed by atoms with van der Waals surface area (Å²) in [5, 5.41) is 4.50. The van der Waals surface area contributed by atoms with Gasteiger partial charge in [0.05, 0.1) is 5.69 Å². The lowest BCUT2D eigenvalue weighted by molar-refractivity contribution is 0.0240. The van der Waals surface area contributed by atoms with E-state index in [1.54, 1.807) is 11.0 Å². The van der Waals surface area contributed by atoms with Crippen LogP contribution in [-0.2, 0) is 27.4 Å². The Hall–Kier alpha value is -2.93. The molecule has 0 unspecified atom stereocenters. The van der Waals surface area contributed by atoms with Crippen LogP contribution in [0.15, 0.2) is 10.9 Å². The Morgan fingerprint density at radius 2 is 1.90 bits per heavy atom. The van der Waals surface area contributed by atoms with Crippen LogP contribution in [-0.4, -0.2) is 89.4 Å². The molecule has 0 radical (unpaired) electrons. The maximum absolute atomic E-state index is 13.9. The van der Waals surface area contributed by atoms with E-state index in [2.05, 4.69) is 29.7 Å². The van der Waals surface area contributed by atoms with Crippen LogP contribution < -0.4 is 10.5 Å². The zero-order valence-electron chi connectivity index (χ0n) is 24.8. The van der Waals surface area contributed by atoms with Crippen molar-refractivity contribution < 1.29 is 23.4 Å². The maximum Gasteiger partial charge on any atom is 0.410 e. The van der Waals surface area contributed by atoms with Crippen molar-refractivity contribution in [3.63, 3.8) is 0 Å². The SMILES string of the molecule is CCc1c(N2CCN(C(=O)OC(C)(C)C)CC2)c(=O)n2nc(C3=CC[C@H](F)CO3)nc2n1COCC[Si](C)(C)C. The van der Waals surface area contributed by atoms with Crippen LogP contribution in [0.4, 0.5) is 14.9 Å². The van der Waals surface area contributed by atoms with Gasteiger partial charge in [0.15, 0.2) is 5.76 Å². The summed E-state index contributed by atoms with van der Waals surface area (Å²) in [4.78, 5) is 34.9. The van der Waals surface area contributed by atoms with Crippen LogP contribution in [0.2, 0.25) is 25.7 Å². The molecule has 1 saturated heterocycles. The van der Waals surface area contributed by atoms with E-state index in [9.17, 15) is 14.0 Å². The van der Waals surface area contributed by atoms with E-state index >= 15 is 0 Å². The number of carbonyl (C=O) groups excluding carboxylic acids is 1. The number of amides is 1. The van der Waals surface area contributed by atoms with Gasteiger partial charge < -0.3 is 24.0 Å². The fourth-order valence-electron chi connectivity index (χ4n) is 4.67. The van der Waals surface area contributed by atoms with Gasteiger partial charge in [0, 0.05) is 47.3 Å². The van der Waals surface area contributed by atoms with Crippen molar-refractivity contribution in [3.05, 3.63) is 27.9 Å². The molecule has 13 heteroatoms. The van der Waals surface area contributed by atoms with Crippen molar-refractivity contribution in [2.45, 2.75) is 84.7 Å². The minimum absolute atomic E-state index is 0.0706. The summed E-state index contributed by atoms with van der Waals surface area (Å²) >= 11 is 0. The van der Waals surface area contributed by atoms with E-state index in [0.717, 1.165) is 11.7 Å². The zero-order chi connectivity index (χ0) is 29.2. The van der Waals surface area contributed by atoms with Crippen LogP contribution in [0.3, 0.4) is 0 Å². The van der Waals surface area contributed by atoms with E-state index in [1.165, 1.54) is 4.52 Å². The first kappa shape index (κ1) is 30.0. The molecule has 11 nitrogen and oxygen atoms in total. The van der Waals surface area contributed by atoms with Gasteiger partial charge in [0.25, 0.3) is 5.56 Å². The van der Waals surface area contributed by atoms with Gasteiger partial charge >= 0.3 is 6.09 Å². The number of rotatable bonds is 8. The molecule has 2 aromatic rings. The topological polar surface area (TPSA) is 103 Å². The molecule has 0 saturated carbocycles. The number of fused-ring (bicyclic) bond motifs is 1. The van der Waals surface area contributed by atoms with E-state index < -0.39 is 19.8 Å². The molecule has 4 rings (SSSR count). The third kappa shape index (κ3) is 7.03. The lowest BCUT2D eigenvalue weighted by Gasteiger charge is -2.37. The van der Waals surface area contributed by atoms with Gasteiger partial charge in [-0.25, -0.2) is 9.18 Å². The number of hydrogen-bond acceptors (Lipinski definition) is 8. The molecule has 1 atom stereocenters. The summed E-state index contributed by atoms with van der Waals surface area (Å²) in [6.45, 7) is 17.0. The van der Waals surface area contributed by atoms with Crippen molar-refractivity contribution in [3.8, 4) is 0 Å². The monoisotopic (exact) mass is 578 g/mol. The highest BCUT2D eigenvalue weighted by atomic mass is 28.3. The van der Waals surface area contributed by atoms with Crippen molar-refractivity contribution in [2.24, 2.45) is 0 Å². The molecule has 0 spiro atoms. The van der Waals surface area contributed by atoms with Crippen LogP contribution in [0.1, 0.15) is 45.6 Å². The largest absolute Gasteiger partial charge is 0.487 e. The molecule has 0 bridgehead atoms. The third-order valence-electron chi connectivity index (χ3n) is 6.82. The Labute approximate surface area is 235 Å². The average Bonchev–Trinajstić information content (AvgIpc) is 3.32. The Morgan fingerprint density at radius 3 is 2.48 bits per heavy atom. The lowest BCUT2D eigenvalue weighted by atomic mass is 10.2. The molecule has 222 valence electrons. The van der Waals surface area contributed by atoms with E-state index in [0.29, 0.717) is 56.4 Å². The van der Waals surface area contributed by atoms with E-state index in [-0.39, 0.29) is 37.2 Å². The van der Waals surface area contributed by atoms with E-state index in [4.69, 9.17) is 14.2 Å². The second-order valence-electron chi connectivity index (χ2n) is 12.5. The van der Waals surface area contributed by atoms with Crippen LogP contribution in [0.25, 0.3) is 11.5 Å². The molecule has 0 N–H and O–H groups in total. The Balaban J connectivity index is 1.69. The van der Waals surface area contributed by atoms with Crippen molar-refractivity contribution in [1.82, 2.24) is 24.1 Å². The molecular formula is C27H43FN6O5Si. The Morgan fingerprint density at radius 1 is 1.20 bits per heavy atom. The average molecular weight is 579 g/mol. The quantitative estimate of drug-likeness (QED) is 0.343. The smallest absolute Gasteiger partial charge is 0.410 e. The number of allylic oxidation sites excluding steroid dienone is 1. The van der Waals surface area contributed by atoms with Crippen LogP contribution in [0.5, 0.6) is 0 Å². The highest BCUT2D eigenvalue weighted by Gasteiger charge is 2.30. The van der Waals surface area contributed by atoms with Crippen molar-refractivity contribution >= 4 is 31.4 Å². The van der Waals surface area contributed by atoms with Gasteiger partial charge in [-0.15, -0.1) is 5.10 Å². The summed E-state index contributed by atoms with van der Waals surface area (Å²) in [7, 11) is -1.30. The predicted octanol–water partition coefficient (Wildman–Crippen LogP) is 3.92. The summed E-state index contributed by atoms with van der Waals surface area (Å²) in [5.74, 6) is 0.968. The third-order valence-corrected chi connectivity index (χ3v) is 8.53. The van der Waals surface area contributed by atoms with Gasteiger partial charge in [-0.05, 0) is 39.3 Å². The van der Waals surface area contributed by atoms with Gasteiger partial charge in [0.1, 0.15) is 30.8 Å². The van der Waals surface area contributed by atoms with Gasteiger partial charge in [-0.1, -0.05) is 26.6 Å². The number of alkyl halides is 1. The van der Waals surface area contributed by atoms with Crippen molar-refractivity contribution in [2.75, 3.05) is 44.3 Å². The number of aromatic nitrogens is 4. The number of anilines is 1. The second-order valence-corrected chi connectivity index (χ2v) is 18.2. The lowest BCUT2D eigenvalue weighted by Crippen LogP contribution is -2.51. The fourth-order valence-corrected chi connectivity index (χ4v) is 5.43. The first-order valence-electron chi connectivity index (χ1n) is 14.1. The number of halogens is 1. The van der Waals surface area contributed by atoms with E-state index in [1.807, 2.05) is 37.2 Å². The first-order chi connectivity index (χ1) is 18.8. The second kappa shape index (κ2) is 11.9. The summed E-state index contributed by atoms with van der Waals surface area (Å²) in [6.07, 6.45) is 0.972. The number of hydrogen-bond donors (Lipinski definition) is 0. The van der Waals surface area contributed by atoms with Crippen LogP contribution in [0, 0.1) is 0 Å². The van der Waals surface area contributed by atoms with Gasteiger partial charge in [-0.3, -0.25) is 9.36 Å². The molecule has 2 aliphatic rings. The molecule has 4 heterocycles. The maximum atomic E-state index is 13.9. The molecule has 1 fully saturated rings. The number of nitrogens with zero attached hydrogens (tertiary/aromatic N) is 6. The molecule has 1 amide bonds. The fraction of sp³-hybridized carbons (Fsp3) is 0.704. The highest BCUT2D eigenvalue weighted by molar-refractivity contribution is 6.76. The number of ether oxygens (including phenoxy) is 3. The minimum Gasteiger partial charge on any atom is -0.487 e. The molecule has 2 aliphatic heterocycles. The number of piperazine rings is 1. The Kier molecular flexibility index (Phi) is 8.93. The molecular weight excluding hydrogens is 535 g/mol. The normalized spacial score (nSPS) is 18.6. The summed E-state index contributed by atoms with van der Waals surface area (Å²) in [6, 6.07) is 1.01. The summed E-state index contributed by atoms with van der Waals surface area (Å²) in [5.41, 5.74) is 0.434. The summed E-state index contributed by atoms with van der Waals surface area (Å²) < 4.78 is 34.0. The minimum atomic E-state index is -1.30. The van der Waals surface area contributed by atoms with Gasteiger partial charge in [-0.2, -0.15) is 9.50 Å².